The number of aliphatic carboxylic acids is 1. The molecule has 1 aliphatic heterocycles. The molecule has 0 bridgehead atoms. The fraction of sp³-hybridized carbons (Fsp3) is 0.346. The molecule has 0 saturated carbocycles. The number of ether oxygens (including phenoxy) is 1. The number of rotatable bonds is 6. The van der Waals surface area contributed by atoms with Crippen LogP contribution in [-0.2, 0) is 14.3 Å². The van der Waals surface area contributed by atoms with Crippen molar-refractivity contribution < 1.29 is 33.0 Å². The number of nitrogens with one attached hydrogen (secondary N) is 2. The molecule has 1 heterocycles. The second kappa shape index (κ2) is 10.9. The van der Waals surface area contributed by atoms with Crippen LogP contribution in [0.25, 0.3) is 6.08 Å². The minimum atomic E-state index is -1.11. The van der Waals surface area contributed by atoms with Crippen LogP contribution in [0.2, 0.25) is 0 Å². The van der Waals surface area contributed by atoms with Crippen molar-refractivity contribution in [2.24, 2.45) is 5.92 Å². The molecule has 10 heteroatoms. The number of carbonyl (C=O) groups is 3. The van der Waals surface area contributed by atoms with Gasteiger partial charge in [-0.3, -0.25) is 14.9 Å². The molecule has 1 saturated heterocycles. The number of carboxylic acids is 1. The zero-order chi connectivity index (χ0) is 26.6. The number of likely N-dealkylation sites (N-methyl/N-ethyl adjacent to an activating group) is 1. The first-order valence-corrected chi connectivity index (χ1v) is 11.3. The Hall–Kier alpha value is -3.79. The van der Waals surface area contributed by atoms with E-state index in [2.05, 4.69) is 10.6 Å². The molecule has 3 N–H and O–H groups in total. The number of likely N-dealkylation sites (tertiary alicyclic amines) is 1. The number of hydrogen-bond acceptors (Lipinski definition) is 5. The number of benzene rings is 2. The summed E-state index contributed by atoms with van der Waals surface area (Å²) in [6.45, 7) is 5.59. The fourth-order valence-electron chi connectivity index (χ4n) is 4.06. The molecule has 2 aromatic rings. The van der Waals surface area contributed by atoms with Gasteiger partial charge in [-0.2, -0.15) is 0 Å². The summed E-state index contributed by atoms with van der Waals surface area (Å²) in [5.41, 5.74) is -0.258. The predicted molar refractivity (Wildman–Crippen MR) is 132 cm³/mol. The van der Waals surface area contributed by atoms with Gasteiger partial charge in [-0.05, 0) is 63.7 Å². The Morgan fingerprint density at radius 2 is 1.64 bits per heavy atom. The van der Waals surface area contributed by atoms with Gasteiger partial charge in [0.25, 0.3) is 0 Å². The lowest BCUT2D eigenvalue weighted by molar-refractivity contribution is -0.141. The first-order valence-electron chi connectivity index (χ1n) is 11.3. The van der Waals surface area contributed by atoms with Gasteiger partial charge in [0, 0.05) is 30.6 Å². The normalized spacial score (nSPS) is 18.3. The number of halogens is 2. The van der Waals surface area contributed by atoms with E-state index >= 15 is 0 Å². The molecule has 36 heavy (non-hydrogen) atoms. The van der Waals surface area contributed by atoms with Crippen LogP contribution in [0.3, 0.4) is 0 Å². The quantitative estimate of drug-likeness (QED) is 0.496. The van der Waals surface area contributed by atoms with Gasteiger partial charge in [0.1, 0.15) is 17.2 Å². The van der Waals surface area contributed by atoms with E-state index in [4.69, 9.17) is 4.74 Å². The lowest BCUT2D eigenvalue weighted by Gasteiger charge is -2.20. The van der Waals surface area contributed by atoms with Crippen molar-refractivity contribution >= 4 is 35.4 Å². The molecular formula is C26H29F2N3O5. The minimum absolute atomic E-state index is 0.0993. The summed E-state index contributed by atoms with van der Waals surface area (Å²) in [7, 11) is 1.70. The van der Waals surface area contributed by atoms with E-state index in [1.807, 2.05) is 0 Å². The average Bonchev–Trinajstić information content (AvgIpc) is 3.13. The van der Waals surface area contributed by atoms with Crippen molar-refractivity contribution in [3.05, 3.63) is 65.2 Å². The summed E-state index contributed by atoms with van der Waals surface area (Å²) < 4.78 is 34.9. The first-order chi connectivity index (χ1) is 16.8. The third kappa shape index (κ3) is 6.88. The molecule has 0 aromatic heterocycles. The summed E-state index contributed by atoms with van der Waals surface area (Å²) in [5, 5.41) is 14.6. The number of hydrogen-bond donors (Lipinski definition) is 3. The Bertz CT molecular complexity index is 1170. The molecule has 2 amide bonds. The predicted octanol–water partition coefficient (Wildman–Crippen LogP) is 4.69. The maximum atomic E-state index is 14.9. The van der Waals surface area contributed by atoms with E-state index in [1.165, 1.54) is 6.08 Å². The van der Waals surface area contributed by atoms with Crippen LogP contribution in [0.4, 0.5) is 25.0 Å². The molecule has 2 aromatic carbocycles. The van der Waals surface area contributed by atoms with Crippen LogP contribution < -0.4 is 10.6 Å². The third-order valence-electron chi connectivity index (χ3n) is 5.54. The van der Waals surface area contributed by atoms with E-state index in [0.717, 1.165) is 18.2 Å². The van der Waals surface area contributed by atoms with Crippen LogP contribution in [-0.4, -0.2) is 53.7 Å². The van der Waals surface area contributed by atoms with Crippen LogP contribution in [0.15, 0.2) is 42.5 Å². The van der Waals surface area contributed by atoms with E-state index < -0.39 is 47.0 Å². The SMILES string of the molecule is CN1CC(C(=O)O)C(c2c(F)cc(/C=C/C(=O)Nc3ccccc3NC(=O)OC(C)(C)C)cc2F)C1. The van der Waals surface area contributed by atoms with Gasteiger partial charge in [0.15, 0.2) is 0 Å². The van der Waals surface area contributed by atoms with Gasteiger partial charge < -0.3 is 20.1 Å². The van der Waals surface area contributed by atoms with Crippen LogP contribution in [0.1, 0.15) is 37.8 Å². The van der Waals surface area contributed by atoms with Gasteiger partial charge >= 0.3 is 12.1 Å². The summed E-state index contributed by atoms with van der Waals surface area (Å²) in [4.78, 5) is 37.8. The van der Waals surface area contributed by atoms with Crippen molar-refractivity contribution in [2.45, 2.75) is 32.3 Å². The number of carbonyl (C=O) groups excluding carboxylic acids is 2. The molecule has 192 valence electrons. The summed E-state index contributed by atoms with van der Waals surface area (Å²) in [5.74, 6) is -5.17. The molecule has 8 nitrogen and oxygen atoms in total. The molecule has 1 aliphatic rings. The highest BCUT2D eigenvalue weighted by Gasteiger charge is 2.39. The van der Waals surface area contributed by atoms with Crippen molar-refractivity contribution in [1.82, 2.24) is 4.90 Å². The Morgan fingerprint density at radius 3 is 2.19 bits per heavy atom. The highest BCUT2D eigenvalue weighted by molar-refractivity contribution is 6.05. The average molecular weight is 502 g/mol. The van der Waals surface area contributed by atoms with Crippen LogP contribution in [0.5, 0.6) is 0 Å². The largest absolute Gasteiger partial charge is 0.481 e. The molecule has 0 radical (unpaired) electrons. The molecular weight excluding hydrogens is 472 g/mol. The highest BCUT2D eigenvalue weighted by Crippen LogP contribution is 2.35. The zero-order valence-corrected chi connectivity index (χ0v) is 20.5. The number of para-hydroxylation sites is 2. The topological polar surface area (TPSA) is 108 Å². The summed E-state index contributed by atoms with van der Waals surface area (Å²) in [6.07, 6.45) is 1.65. The lowest BCUT2D eigenvalue weighted by atomic mass is 9.87. The van der Waals surface area contributed by atoms with E-state index in [0.29, 0.717) is 11.4 Å². The number of anilines is 2. The molecule has 3 rings (SSSR count). The number of amides is 2. The first kappa shape index (κ1) is 26.8. The third-order valence-corrected chi connectivity index (χ3v) is 5.54. The standard InChI is InChI=1S/C26H29F2N3O5/c1-26(2,3)36-25(35)30-21-8-6-5-7-20(21)29-22(32)10-9-15-11-18(27)23(19(28)12-15)16-13-31(4)14-17(16)24(33)34/h5-12,16-17H,13-14H2,1-4H3,(H,29,32)(H,30,35)(H,33,34)/b10-9+. The smallest absolute Gasteiger partial charge is 0.412 e. The van der Waals surface area contributed by atoms with E-state index in [1.54, 1.807) is 57.0 Å². The summed E-state index contributed by atoms with van der Waals surface area (Å²) in [6, 6.07) is 8.62. The van der Waals surface area contributed by atoms with E-state index in [-0.39, 0.29) is 24.2 Å². The van der Waals surface area contributed by atoms with Gasteiger partial charge in [0.05, 0.1) is 17.3 Å². The molecule has 2 atom stereocenters. The van der Waals surface area contributed by atoms with Gasteiger partial charge in [0.2, 0.25) is 5.91 Å². The van der Waals surface area contributed by atoms with Crippen molar-refractivity contribution in [3.8, 4) is 0 Å². The zero-order valence-electron chi connectivity index (χ0n) is 20.5. The lowest BCUT2D eigenvalue weighted by Crippen LogP contribution is -2.27. The van der Waals surface area contributed by atoms with Crippen molar-refractivity contribution in [1.29, 1.82) is 0 Å². The van der Waals surface area contributed by atoms with Crippen LogP contribution >= 0.6 is 0 Å². The maximum Gasteiger partial charge on any atom is 0.412 e. The summed E-state index contributed by atoms with van der Waals surface area (Å²) >= 11 is 0. The Morgan fingerprint density at radius 1 is 1.06 bits per heavy atom. The Balaban J connectivity index is 1.72. The highest BCUT2D eigenvalue weighted by atomic mass is 19.1. The molecule has 1 fully saturated rings. The number of nitrogens with zero attached hydrogens (tertiary/aromatic N) is 1. The molecule has 0 spiro atoms. The Kier molecular flexibility index (Phi) is 8.09. The number of carboxylic acid groups (broad SMARTS) is 1. The van der Waals surface area contributed by atoms with Crippen LogP contribution in [0, 0.1) is 17.6 Å². The maximum absolute atomic E-state index is 14.9. The van der Waals surface area contributed by atoms with Crippen molar-refractivity contribution in [2.75, 3.05) is 30.8 Å². The van der Waals surface area contributed by atoms with E-state index in [9.17, 15) is 28.3 Å². The van der Waals surface area contributed by atoms with Gasteiger partial charge in [-0.1, -0.05) is 12.1 Å². The molecule has 2 unspecified atom stereocenters. The monoisotopic (exact) mass is 501 g/mol. The van der Waals surface area contributed by atoms with Gasteiger partial charge in [-0.25, -0.2) is 13.6 Å². The Labute approximate surface area is 207 Å². The second-order valence-electron chi connectivity index (χ2n) is 9.67. The fourth-order valence-corrected chi connectivity index (χ4v) is 4.06. The minimum Gasteiger partial charge on any atom is -0.481 e. The second-order valence-corrected chi connectivity index (χ2v) is 9.67. The molecule has 0 aliphatic carbocycles. The van der Waals surface area contributed by atoms with Crippen molar-refractivity contribution in [3.63, 3.8) is 0 Å². The van der Waals surface area contributed by atoms with Gasteiger partial charge in [-0.15, -0.1) is 0 Å².